The molecule has 1 nitrogen and oxygen atoms in total. The summed E-state index contributed by atoms with van der Waals surface area (Å²) < 4.78 is 0. The van der Waals surface area contributed by atoms with Gasteiger partial charge < -0.3 is 5.11 Å². The molecule has 0 spiro atoms. The zero-order chi connectivity index (χ0) is 9.10. The molecule has 2 aromatic rings. The lowest BCUT2D eigenvalue weighted by Gasteiger charge is -1.89. The van der Waals surface area contributed by atoms with Gasteiger partial charge in [-0.25, -0.2) is 0 Å². The normalized spacial score (nSPS) is 10.5. The minimum Gasteiger partial charge on any atom is -0.396 e. The van der Waals surface area contributed by atoms with Gasteiger partial charge in [0.2, 0.25) is 0 Å². The molecule has 2 aromatic heterocycles. The molecule has 0 bridgehead atoms. The average Bonchev–Trinajstić information content (AvgIpc) is 2.70. The van der Waals surface area contributed by atoms with Crippen LogP contribution in [0, 0.1) is 0 Å². The Hall–Kier alpha value is -0.640. The molecule has 0 atom stereocenters. The number of rotatable bonds is 3. The first kappa shape index (κ1) is 8.94. The Morgan fingerprint density at radius 1 is 1.23 bits per heavy atom. The summed E-state index contributed by atoms with van der Waals surface area (Å²) in [6.45, 7) is 0.237. The van der Waals surface area contributed by atoms with Crippen molar-refractivity contribution < 1.29 is 5.11 Å². The SMILES string of the molecule is OCCc1csc(-c2cccs2)c1. The highest BCUT2D eigenvalue weighted by atomic mass is 32.1. The van der Waals surface area contributed by atoms with E-state index in [2.05, 4.69) is 29.0 Å². The Bertz CT molecular complexity index is 362. The quantitative estimate of drug-likeness (QED) is 0.825. The van der Waals surface area contributed by atoms with Gasteiger partial charge in [-0.2, -0.15) is 0 Å². The largest absolute Gasteiger partial charge is 0.396 e. The van der Waals surface area contributed by atoms with Crippen LogP contribution in [0.15, 0.2) is 29.0 Å². The molecule has 0 aliphatic carbocycles. The summed E-state index contributed by atoms with van der Waals surface area (Å²) in [4.78, 5) is 2.62. The van der Waals surface area contributed by atoms with Crippen molar-refractivity contribution in [2.45, 2.75) is 6.42 Å². The van der Waals surface area contributed by atoms with E-state index in [1.807, 2.05) is 0 Å². The van der Waals surface area contributed by atoms with Crippen molar-refractivity contribution in [3.63, 3.8) is 0 Å². The molecule has 1 N–H and O–H groups in total. The van der Waals surface area contributed by atoms with Crippen molar-refractivity contribution in [1.29, 1.82) is 0 Å². The summed E-state index contributed by atoms with van der Waals surface area (Å²) in [5.74, 6) is 0. The number of aliphatic hydroxyl groups excluding tert-OH is 1. The monoisotopic (exact) mass is 210 g/mol. The van der Waals surface area contributed by atoms with Crippen LogP contribution in [-0.4, -0.2) is 11.7 Å². The Labute approximate surface area is 85.3 Å². The molecule has 0 amide bonds. The maximum Gasteiger partial charge on any atom is 0.0471 e. The first-order chi connectivity index (χ1) is 6.40. The van der Waals surface area contributed by atoms with Crippen LogP contribution in [0.4, 0.5) is 0 Å². The Morgan fingerprint density at radius 3 is 2.85 bits per heavy atom. The first-order valence-electron chi connectivity index (χ1n) is 4.12. The van der Waals surface area contributed by atoms with E-state index in [-0.39, 0.29) is 6.61 Å². The number of thiophene rings is 2. The predicted octanol–water partition coefficient (Wildman–Crippen LogP) is 3.01. The summed E-state index contributed by atoms with van der Waals surface area (Å²) in [7, 11) is 0. The van der Waals surface area contributed by atoms with E-state index in [9.17, 15) is 0 Å². The van der Waals surface area contributed by atoms with Gasteiger partial charge in [0.15, 0.2) is 0 Å². The molecule has 68 valence electrons. The van der Waals surface area contributed by atoms with Gasteiger partial charge in [0.05, 0.1) is 0 Å². The molecular formula is C10H10OS2. The molecule has 0 aliphatic heterocycles. The Morgan fingerprint density at radius 2 is 2.15 bits per heavy atom. The topological polar surface area (TPSA) is 20.2 Å². The fraction of sp³-hybridized carbons (Fsp3) is 0.200. The van der Waals surface area contributed by atoms with Crippen LogP contribution in [0.3, 0.4) is 0 Å². The van der Waals surface area contributed by atoms with Crippen LogP contribution in [0.1, 0.15) is 5.56 Å². The maximum absolute atomic E-state index is 8.77. The van der Waals surface area contributed by atoms with Crippen LogP contribution in [0.2, 0.25) is 0 Å². The molecule has 13 heavy (non-hydrogen) atoms. The van der Waals surface area contributed by atoms with Crippen LogP contribution in [-0.2, 0) is 6.42 Å². The van der Waals surface area contributed by atoms with Gasteiger partial charge >= 0.3 is 0 Å². The summed E-state index contributed by atoms with van der Waals surface area (Å²) >= 11 is 3.50. The third-order valence-electron chi connectivity index (χ3n) is 1.82. The minimum atomic E-state index is 0.237. The first-order valence-corrected chi connectivity index (χ1v) is 5.88. The standard InChI is InChI=1S/C10H10OS2/c11-4-3-8-6-10(13-7-8)9-2-1-5-12-9/h1-2,5-7,11H,3-4H2. The predicted molar refractivity (Wildman–Crippen MR) is 58.4 cm³/mol. The summed E-state index contributed by atoms with van der Waals surface area (Å²) in [5.41, 5.74) is 1.23. The molecule has 2 rings (SSSR count). The van der Waals surface area contributed by atoms with Gasteiger partial charge in [0.1, 0.15) is 0 Å². The van der Waals surface area contributed by atoms with E-state index in [1.54, 1.807) is 22.7 Å². The van der Waals surface area contributed by atoms with Gasteiger partial charge in [-0.15, -0.1) is 22.7 Å². The van der Waals surface area contributed by atoms with E-state index in [4.69, 9.17) is 5.11 Å². The van der Waals surface area contributed by atoms with Crippen LogP contribution in [0.5, 0.6) is 0 Å². The van der Waals surface area contributed by atoms with Crippen molar-refractivity contribution >= 4 is 22.7 Å². The average molecular weight is 210 g/mol. The molecule has 0 aromatic carbocycles. The smallest absolute Gasteiger partial charge is 0.0471 e. The molecule has 3 heteroatoms. The minimum absolute atomic E-state index is 0.237. The zero-order valence-electron chi connectivity index (χ0n) is 7.06. The van der Waals surface area contributed by atoms with Crippen molar-refractivity contribution in [2.75, 3.05) is 6.61 Å². The highest BCUT2D eigenvalue weighted by Crippen LogP contribution is 2.30. The van der Waals surface area contributed by atoms with Gasteiger partial charge in [0, 0.05) is 16.4 Å². The molecule has 0 fully saturated rings. The van der Waals surface area contributed by atoms with E-state index in [1.165, 1.54) is 15.3 Å². The lowest BCUT2D eigenvalue weighted by atomic mass is 10.2. The fourth-order valence-corrected chi connectivity index (χ4v) is 2.98. The zero-order valence-corrected chi connectivity index (χ0v) is 8.70. The molecule has 0 aliphatic rings. The summed E-state index contributed by atoms with van der Waals surface area (Å²) in [6.07, 6.45) is 0.766. The van der Waals surface area contributed by atoms with Crippen LogP contribution < -0.4 is 0 Å². The lowest BCUT2D eigenvalue weighted by molar-refractivity contribution is 0.300. The van der Waals surface area contributed by atoms with E-state index in [0.29, 0.717) is 0 Å². The molecule has 2 heterocycles. The van der Waals surface area contributed by atoms with Gasteiger partial charge in [-0.05, 0) is 34.9 Å². The van der Waals surface area contributed by atoms with Gasteiger partial charge in [-0.1, -0.05) is 6.07 Å². The van der Waals surface area contributed by atoms with E-state index in [0.717, 1.165) is 6.42 Å². The van der Waals surface area contributed by atoms with Gasteiger partial charge in [0.25, 0.3) is 0 Å². The van der Waals surface area contributed by atoms with E-state index < -0.39 is 0 Å². The van der Waals surface area contributed by atoms with Crippen LogP contribution >= 0.6 is 22.7 Å². The second kappa shape index (κ2) is 4.05. The number of hydrogen-bond acceptors (Lipinski definition) is 3. The van der Waals surface area contributed by atoms with Crippen molar-refractivity contribution in [3.05, 3.63) is 34.5 Å². The summed E-state index contributed by atoms with van der Waals surface area (Å²) in [5, 5.41) is 13.0. The molecule has 0 saturated carbocycles. The highest BCUT2D eigenvalue weighted by molar-refractivity contribution is 7.20. The molecular weight excluding hydrogens is 200 g/mol. The number of aliphatic hydroxyl groups is 1. The van der Waals surface area contributed by atoms with Crippen molar-refractivity contribution in [3.8, 4) is 9.75 Å². The fourth-order valence-electron chi connectivity index (χ4n) is 1.18. The Balaban J connectivity index is 2.23. The molecule has 0 radical (unpaired) electrons. The van der Waals surface area contributed by atoms with E-state index >= 15 is 0 Å². The van der Waals surface area contributed by atoms with Crippen LogP contribution in [0.25, 0.3) is 9.75 Å². The molecule has 0 saturated heterocycles. The molecule has 0 unspecified atom stereocenters. The van der Waals surface area contributed by atoms with Crippen molar-refractivity contribution in [2.24, 2.45) is 0 Å². The van der Waals surface area contributed by atoms with Crippen molar-refractivity contribution in [1.82, 2.24) is 0 Å². The third kappa shape index (κ3) is 1.99. The Kier molecular flexibility index (Phi) is 2.78. The lowest BCUT2D eigenvalue weighted by Crippen LogP contribution is -1.85. The summed E-state index contributed by atoms with van der Waals surface area (Å²) in [6, 6.07) is 6.34. The second-order valence-corrected chi connectivity index (χ2v) is 4.63. The maximum atomic E-state index is 8.77. The third-order valence-corrected chi connectivity index (χ3v) is 3.86. The number of hydrogen-bond donors (Lipinski definition) is 1. The highest BCUT2D eigenvalue weighted by Gasteiger charge is 2.02. The van der Waals surface area contributed by atoms with Gasteiger partial charge in [-0.3, -0.25) is 0 Å². The second-order valence-electron chi connectivity index (χ2n) is 2.77.